The van der Waals surface area contributed by atoms with Gasteiger partial charge in [-0.05, 0) is 73.9 Å². The van der Waals surface area contributed by atoms with Gasteiger partial charge in [0.05, 0.1) is 6.66 Å². The van der Waals surface area contributed by atoms with Crippen LogP contribution in [0.4, 0.5) is 0 Å². The van der Waals surface area contributed by atoms with Crippen molar-refractivity contribution in [1.82, 2.24) is 0 Å². The quantitative estimate of drug-likeness (QED) is 0.622. The minimum atomic E-state index is -1.61. The topological polar surface area (TPSA) is 0 Å². The van der Waals surface area contributed by atoms with Crippen LogP contribution in [0.3, 0.4) is 0 Å². The highest BCUT2D eigenvalue weighted by Crippen LogP contribution is 2.51. The summed E-state index contributed by atoms with van der Waals surface area (Å²) < 4.78 is 0. The van der Waals surface area contributed by atoms with Crippen LogP contribution in [0.15, 0.2) is 72.8 Å². The Morgan fingerprint density at radius 3 is 1.09 bits per heavy atom. The molecule has 23 heavy (non-hydrogen) atoms. The van der Waals surface area contributed by atoms with Gasteiger partial charge in [0.25, 0.3) is 0 Å². The van der Waals surface area contributed by atoms with E-state index >= 15 is 0 Å². The number of benzene rings is 3. The lowest BCUT2D eigenvalue weighted by atomic mass is 10.2. The van der Waals surface area contributed by atoms with E-state index in [9.17, 15) is 0 Å². The standard InChI is InChI=1S/C22H24P/c1-17-8-5-11-20(14-17)23(4,21-12-6-9-18(2)15-21)22-13-7-10-19(3)16-22/h5-16H,1-4H3/q+1/i4-1. The molecule has 0 fully saturated rings. The first-order valence-corrected chi connectivity index (χ1v) is 10.3. The lowest BCUT2D eigenvalue weighted by molar-refractivity contribution is 1.48. The van der Waals surface area contributed by atoms with Crippen molar-refractivity contribution in [2.45, 2.75) is 20.8 Å². The third-order valence-electron chi connectivity index (χ3n) is 4.55. The first-order chi connectivity index (χ1) is 11.0. The predicted molar refractivity (Wildman–Crippen MR) is 105 cm³/mol. The van der Waals surface area contributed by atoms with Crippen molar-refractivity contribution in [2.75, 3.05) is 6.66 Å². The van der Waals surface area contributed by atoms with Crippen molar-refractivity contribution in [3.05, 3.63) is 89.5 Å². The average Bonchev–Trinajstić information content (AvgIpc) is 2.54. The molecule has 0 N–H and O–H groups in total. The van der Waals surface area contributed by atoms with E-state index in [1.807, 2.05) is 0 Å². The Morgan fingerprint density at radius 2 is 0.826 bits per heavy atom. The summed E-state index contributed by atoms with van der Waals surface area (Å²) in [5.41, 5.74) is 3.98. The van der Waals surface area contributed by atoms with Crippen molar-refractivity contribution in [3.8, 4) is 0 Å². The maximum Gasteiger partial charge on any atom is 0.109 e. The van der Waals surface area contributed by atoms with E-state index in [-0.39, 0.29) is 0 Å². The molecular weight excluding hydrogens is 294 g/mol. The van der Waals surface area contributed by atoms with E-state index in [0.717, 1.165) is 0 Å². The van der Waals surface area contributed by atoms with E-state index in [2.05, 4.69) is 100 Å². The van der Waals surface area contributed by atoms with Crippen LogP contribution in [0.25, 0.3) is 0 Å². The fourth-order valence-corrected chi connectivity index (χ4v) is 6.60. The van der Waals surface area contributed by atoms with Gasteiger partial charge in [-0.25, -0.2) is 0 Å². The molecule has 0 nitrogen and oxygen atoms in total. The van der Waals surface area contributed by atoms with Gasteiger partial charge in [-0.15, -0.1) is 0 Å². The molecule has 0 amide bonds. The van der Waals surface area contributed by atoms with Crippen molar-refractivity contribution < 1.29 is 0 Å². The van der Waals surface area contributed by atoms with Crippen LogP contribution in [0.2, 0.25) is 0 Å². The van der Waals surface area contributed by atoms with E-state index in [4.69, 9.17) is 0 Å². The van der Waals surface area contributed by atoms with E-state index in [1.165, 1.54) is 32.6 Å². The van der Waals surface area contributed by atoms with Crippen LogP contribution in [0.5, 0.6) is 0 Å². The molecule has 1 heteroatoms. The summed E-state index contributed by atoms with van der Waals surface area (Å²) >= 11 is 0. The average molecular weight is 318 g/mol. The van der Waals surface area contributed by atoms with Crippen LogP contribution < -0.4 is 15.9 Å². The molecule has 0 heterocycles. The van der Waals surface area contributed by atoms with Gasteiger partial charge in [-0.3, -0.25) is 0 Å². The normalized spacial score (nSPS) is 11.5. The third-order valence-corrected chi connectivity index (χ3v) is 8.49. The molecule has 0 spiro atoms. The van der Waals surface area contributed by atoms with Crippen molar-refractivity contribution in [3.63, 3.8) is 0 Å². The summed E-state index contributed by atoms with van der Waals surface area (Å²) in [5, 5.41) is 4.36. The lowest BCUT2D eigenvalue weighted by Crippen LogP contribution is -2.30. The molecule has 0 atom stereocenters. The summed E-state index contributed by atoms with van der Waals surface area (Å²) in [5.74, 6) is 0. The fourth-order valence-electron chi connectivity index (χ4n) is 3.17. The minimum Gasteiger partial charge on any atom is -0.0590 e. The maximum atomic E-state index is 2.45. The van der Waals surface area contributed by atoms with Crippen LogP contribution in [0, 0.1) is 20.8 Å². The molecule has 0 unspecified atom stereocenters. The van der Waals surface area contributed by atoms with Crippen molar-refractivity contribution in [2.24, 2.45) is 0 Å². The van der Waals surface area contributed by atoms with Gasteiger partial charge in [-0.1, -0.05) is 36.4 Å². The number of hydrogen-bond acceptors (Lipinski definition) is 0. The number of aryl methyl sites for hydroxylation is 3. The van der Waals surface area contributed by atoms with Crippen LogP contribution in [-0.4, -0.2) is 6.66 Å². The third kappa shape index (κ3) is 3.09. The van der Waals surface area contributed by atoms with Gasteiger partial charge in [0.15, 0.2) is 0 Å². The van der Waals surface area contributed by atoms with Crippen LogP contribution in [-0.2, 0) is 0 Å². The van der Waals surface area contributed by atoms with E-state index in [0.29, 0.717) is 0 Å². The molecule has 0 aliphatic heterocycles. The van der Waals surface area contributed by atoms with Gasteiger partial charge < -0.3 is 0 Å². The molecule has 0 saturated heterocycles. The Kier molecular flexibility index (Phi) is 4.37. The molecule has 0 saturated carbocycles. The Balaban J connectivity index is 2.29. The monoisotopic (exact) mass is 318 g/mol. The molecule has 3 aromatic carbocycles. The second kappa shape index (κ2) is 6.30. The molecule has 0 aromatic heterocycles. The molecule has 116 valence electrons. The van der Waals surface area contributed by atoms with Crippen molar-refractivity contribution in [1.29, 1.82) is 0 Å². The van der Waals surface area contributed by atoms with E-state index < -0.39 is 7.26 Å². The second-order valence-electron chi connectivity index (χ2n) is 6.52. The molecule has 0 aliphatic rings. The summed E-state index contributed by atoms with van der Waals surface area (Å²) in [7, 11) is -1.61. The zero-order valence-corrected chi connectivity index (χ0v) is 15.3. The SMILES string of the molecule is Cc1cccc([P+]([11CH3])(c2cccc(C)c2)c2cccc(C)c2)c1. The number of rotatable bonds is 3. The van der Waals surface area contributed by atoms with Gasteiger partial charge in [0, 0.05) is 0 Å². The molecule has 3 rings (SSSR count). The minimum absolute atomic E-state index is 1.33. The van der Waals surface area contributed by atoms with Crippen LogP contribution >= 0.6 is 7.26 Å². The summed E-state index contributed by atoms with van der Waals surface area (Å²) in [4.78, 5) is 0. The summed E-state index contributed by atoms with van der Waals surface area (Å²) in [6.45, 7) is 8.99. The Hall–Kier alpha value is -1.91. The first-order valence-electron chi connectivity index (χ1n) is 8.08. The van der Waals surface area contributed by atoms with Crippen LogP contribution in [0.1, 0.15) is 16.7 Å². The lowest BCUT2D eigenvalue weighted by Gasteiger charge is -2.24. The summed E-state index contributed by atoms with van der Waals surface area (Å²) in [6, 6.07) is 27.1. The molecule has 3 aromatic rings. The Labute approximate surface area is 140 Å². The van der Waals surface area contributed by atoms with Gasteiger partial charge in [0.1, 0.15) is 23.2 Å². The molecule has 0 bridgehead atoms. The molecule has 0 radical (unpaired) electrons. The van der Waals surface area contributed by atoms with Gasteiger partial charge >= 0.3 is 0 Å². The smallest absolute Gasteiger partial charge is 0.0590 e. The van der Waals surface area contributed by atoms with Crippen molar-refractivity contribution >= 4 is 23.2 Å². The maximum absolute atomic E-state index is 2.45. The van der Waals surface area contributed by atoms with Gasteiger partial charge in [-0.2, -0.15) is 0 Å². The zero-order chi connectivity index (χ0) is 16.4. The predicted octanol–water partition coefficient (Wildman–Crippen LogP) is 4.54. The molecule has 0 aliphatic carbocycles. The fraction of sp³-hybridized carbons (Fsp3) is 0.182. The number of hydrogen-bond donors (Lipinski definition) is 0. The highest BCUT2D eigenvalue weighted by molar-refractivity contribution is 7.95. The Bertz CT molecular complexity index is 722. The Morgan fingerprint density at radius 1 is 0.522 bits per heavy atom. The van der Waals surface area contributed by atoms with Gasteiger partial charge in [0.2, 0.25) is 0 Å². The highest BCUT2D eigenvalue weighted by Gasteiger charge is 2.40. The second-order valence-corrected chi connectivity index (χ2v) is 10.1. The largest absolute Gasteiger partial charge is 0.109 e. The molecular formula is C22H24P+. The highest BCUT2D eigenvalue weighted by atomic mass is 31.2. The summed E-state index contributed by atoms with van der Waals surface area (Å²) in [6.07, 6.45) is 0. The first kappa shape index (κ1) is 16.0. The van der Waals surface area contributed by atoms with E-state index in [1.54, 1.807) is 0 Å². The zero-order valence-electron chi connectivity index (χ0n) is 14.4.